The van der Waals surface area contributed by atoms with Crippen LogP contribution in [0.3, 0.4) is 0 Å². The van der Waals surface area contributed by atoms with Crippen molar-refractivity contribution in [3.8, 4) is 0 Å². The van der Waals surface area contributed by atoms with Gasteiger partial charge in [-0.15, -0.1) is 11.3 Å². The second-order valence-electron chi connectivity index (χ2n) is 1.89. The van der Waals surface area contributed by atoms with E-state index in [0.29, 0.717) is 4.88 Å². The van der Waals surface area contributed by atoms with Crippen molar-refractivity contribution in [2.75, 3.05) is 0 Å². The summed E-state index contributed by atoms with van der Waals surface area (Å²) in [5.74, 6) is 0. The van der Waals surface area contributed by atoms with E-state index in [-0.39, 0.29) is 0 Å². The van der Waals surface area contributed by atoms with E-state index in [0.717, 1.165) is 17.4 Å². The van der Waals surface area contributed by atoms with Crippen molar-refractivity contribution in [2.24, 2.45) is 0 Å². The molecule has 1 aromatic rings. The van der Waals surface area contributed by atoms with E-state index in [4.69, 9.17) is 0 Å². The van der Waals surface area contributed by atoms with E-state index in [1.165, 1.54) is 12.3 Å². The van der Waals surface area contributed by atoms with Gasteiger partial charge in [0.15, 0.2) is 0 Å². The van der Waals surface area contributed by atoms with Crippen LogP contribution in [-0.4, -0.2) is 0 Å². The molecule has 12 heavy (non-hydrogen) atoms. The minimum atomic E-state index is -4.18. The third kappa shape index (κ3) is 2.85. The van der Waals surface area contributed by atoms with Gasteiger partial charge in [-0.2, -0.15) is 13.2 Å². The summed E-state index contributed by atoms with van der Waals surface area (Å²) in [7, 11) is 0. The number of aryl methyl sites for hydroxylation is 1. The molecule has 4 heteroatoms. The Balaban J connectivity index is 0.000000561. The van der Waals surface area contributed by atoms with Gasteiger partial charge in [-0.05, 0) is 18.4 Å². The van der Waals surface area contributed by atoms with Gasteiger partial charge in [-0.3, -0.25) is 0 Å². The average molecular weight is 196 g/mol. The van der Waals surface area contributed by atoms with E-state index in [9.17, 15) is 13.2 Å². The first-order valence-corrected chi connectivity index (χ1v) is 4.51. The summed E-state index contributed by atoms with van der Waals surface area (Å²) < 4.78 is 35.7. The Labute approximate surface area is 74.0 Å². The molecule has 0 unspecified atom stereocenters. The van der Waals surface area contributed by atoms with Crippen molar-refractivity contribution in [3.63, 3.8) is 0 Å². The van der Waals surface area contributed by atoms with Crippen LogP contribution in [0.25, 0.3) is 0 Å². The van der Waals surface area contributed by atoms with Gasteiger partial charge in [0.2, 0.25) is 0 Å². The Morgan fingerprint density at radius 3 is 1.92 bits per heavy atom. The average Bonchev–Trinajstić information content (AvgIpc) is 2.38. The van der Waals surface area contributed by atoms with Crippen LogP contribution in [0.5, 0.6) is 0 Å². The van der Waals surface area contributed by atoms with Crippen molar-refractivity contribution in [1.82, 2.24) is 0 Å². The van der Waals surface area contributed by atoms with E-state index in [2.05, 4.69) is 0 Å². The summed E-state index contributed by atoms with van der Waals surface area (Å²) in [6, 6.07) is 1.10. The molecule has 0 aliphatic rings. The summed E-state index contributed by atoms with van der Waals surface area (Å²) in [5, 5.41) is 1.44. The van der Waals surface area contributed by atoms with Gasteiger partial charge in [-0.25, -0.2) is 0 Å². The summed E-state index contributed by atoms with van der Waals surface area (Å²) in [5.41, 5.74) is -0.516. The standard InChI is InChI=1S/C6H5F3S.C2H6/c1-4-5(2-3-10-4)6(7,8)9;1-2/h2-3H,1H3;1-2H3. The van der Waals surface area contributed by atoms with Crippen molar-refractivity contribution < 1.29 is 13.2 Å². The van der Waals surface area contributed by atoms with Crippen LogP contribution in [0.4, 0.5) is 13.2 Å². The van der Waals surface area contributed by atoms with E-state index in [1.54, 1.807) is 0 Å². The van der Waals surface area contributed by atoms with Crippen molar-refractivity contribution in [3.05, 3.63) is 21.9 Å². The predicted octanol–water partition coefficient (Wildman–Crippen LogP) is 4.10. The molecule has 0 saturated carbocycles. The van der Waals surface area contributed by atoms with Crippen molar-refractivity contribution in [2.45, 2.75) is 26.9 Å². The molecule has 1 aromatic heterocycles. The molecule has 0 radical (unpaired) electrons. The van der Waals surface area contributed by atoms with Crippen LogP contribution in [-0.2, 0) is 6.18 Å². The third-order valence-electron chi connectivity index (χ3n) is 1.16. The summed E-state index contributed by atoms with van der Waals surface area (Å²) in [6.07, 6.45) is -4.18. The molecule has 0 saturated heterocycles. The van der Waals surface area contributed by atoms with Crippen LogP contribution < -0.4 is 0 Å². The quantitative estimate of drug-likeness (QED) is 0.586. The molecular weight excluding hydrogens is 185 g/mol. The Kier molecular flexibility index (Phi) is 4.31. The largest absolute Gasteiger partial charge is 0.417 e. The first-order valence-electron chi connectivity index (χ1n) is 3.63. The van der Waals surface area contributed by atoms with Crippen LogP contribution in [0.1, 0.15) is 24.3 Å². The molecule has 0 fully saturated rings. The van der Waals surface area contributed by atoms with Crippen LogP contribution >= 0.6 is 11.3 Å². The number of hydrogen-bond acceptors (Lipinski definition) is 1. The zero-order valence-electron chi connectivity index (χ0n) is 7.20. The van der Waals surface area contributed by atoms with E-state index < -0.39 is 11.7 Å². The lowest BCUT2D eigenvalue weighted by molar-refractivity contribution is -0.137. The smallest absolute Gasteiger partial charge is 0.166 e. The zero-order chi connectivity index (χ0) is 9.78. The second kappa shape index (κ2) is 4.50. The molecule has 1 rings (SSSR count). The second-order valence-corrected chi connectivity index (χ2v) is 3.01. The van der Waals surface area contributed by atoms with Crippen molar-refractivity contribution >= 4 is 11.3 Å². The van der Waals surface area contributed by atoms with Crippen molar-refractivity contribution in [1.29, 1.82) is 0 Å². The van der Waals surface area contributed by atoms with Gasteiger partial charge < -0.3 is 0 Å². The van der Waals surface area contributed by atoms with Gasteiger partial charge in [0, 0.05) is 4.88 Å². The predicted molar refractivity (Wildman–Crippen MR) is 45.4 cm³/mol. The maximum atomic E-state index is 11.9. The highest BCUT2D eigenvalue weighted by atomic mass is 32.1. The number of hydrogen-bond donors (Lipinski definition) is 0. The van der Waals surface area contributed by atoms with Gasteiger partial charge >= 0.3 is 6.18 Å². The summed E-state index contributed by atoms with van der Waals surface area (Å²) in [6.45, 7) is 5.47. The number of halogens is 3. The highest BCUT2D eigenvalue weighted by Crippen LogP contribution is 2.33. The normalized spacial score (nSPS) is 10.5. The van der Waals surface area contributed by atoms with E-state index >= 15 is 0 Å². The molecule has 0 amide bonds. The van der Waals surface area contributed by atoms with Gasteiger partial charge in [0.25, 0.3) is 0 Å². The van der Waals surface area contributed by atoms with Crippen LogP contribution in [0.2, 0.25) is 0 Å². The fourth-order valence-electron chi connectivity index (χ4n) is 0.679. The molecule has 0 N–H and O–H groups in total. The molecule has 0 aliphatic heterocycles. The SMILES string of the molecule is CC.Cc1sccc1C(F)(F)F. The van der Waals surface area contributed by atoms with Crippen LogP contribution in [0.15, 0.2) is 11.4 Å². The molecule has 70 valence electrons. The molecule has 0 spiro atoms. The number of rotatable bonds is 0. The van der Waals surface area contributed by atoms with Gasteiger partial charge in [-0.1, -0.05) is 13.8 Å². The fourth-order valence-corrected chi connectivity index (χ4v) is 1.40. The summed E-state index contributed by atoms with van der Waals surface area (Å²) in [4.78, 5) is 0.326. The molecule has 0 aliphatic carbocycles. The monoisotopic (exact) mass is 196 g/mol. The highest BCUT2D eigenvalue weighted by molar-refractivity contribution is 7.10. The number of thiophene rings is 1. The molecule has 0 bridgehead atoms. The molecule has 0 atom stereocenters. The molecule has 0 nitrogen and oxygen atoms in total. The third-order valence-corrected chi connectivity index (χ3v) is 2.01. The Hall–Kier alpha value is -0.510. The minimum absolute atomic E-state index is 0.326. The maximum absolute atomic E-state index is 11.9. The molecule has 1 heterocycles. The lowest BCUT2D eigenvalue weighted by Crippen LogP contribution is -2.03. The highest BCUT2D eigenvalue weighted by Gasteiger charge is 2.32. The Morgan fingerprint density at radius 1 is 1.25 bits per heavy atom. The zero-order valence-corrected chi connectivity index (χ0v) is 8.01. The lowest BCUT2D eigenvalue weighted by atomic mass is 10.3. The maximum Gasteiger partial charge on any atom is 0.417 e. The first-order chi connectivity index (χ1) is 5.52. The topological polar surface area (TPSA) is 0 Å². The van der Waals surface area contributed by atoms with E-state index in [1.807, 2.05) is 13.8 Å². The fraction of sp³-hybridized carbons (Fsp3) is 0.500. The number of alkyl halides is 3. The Morgan fingerprint density at radius 2 is 1.75 bits per heavy atom. The van der Waals surface area contributed by atoms with Gasteiger partial charge in [0.05, 0.1) is 5.56 Å². The molecule has 0 aromatic carbocycles. The molecular formula is C8H11F3S. The van der Waals surface area contributed by atoms with Crippen LogP contribution in [0, 0.1) is 6.92 Å². The van der Waals surface area contributed by atoms with Gasteiger partial charge in [0.1, 0.15) is 0 Å². The minimum Gasteiger partial charge on any atom is -0.166 e. The summed E-state index contributed by atoms with van der Waals surface area (Å²) >= 11 is 1.11. The first kappa shape index (κ1) is 11.5. The lowest BCUT2D eigenvalue weighted by Gasteiger charge is -2.03. The Bertz CT molecular complexity index is 224.